The van der Waals surface area contributed by atoms with E-state index in [1.807, 2.05) is 19.3 Å². The van der Waals surface area contributed by atoms with E-state index >= 15 is 0 Å². The highest BCUT2D eigenvalue weighted by Crippen LogP contribution is 2.49. The van der Waals surface area contributed by atoms with Gasteiger partial charge in [-0.25, -0.2) is 4.98 Å². The summed E-state index contributed by atoms with van der Waals surface area (Å²) in [6.07, 6.45) is 1.83. The average Bonchev–Trinajstić information content (AvgIpc) is 3.07. The highest BCUT2D eigenvalue weighted by Gasteiger charge is 2.26. The molecule has 27 heavy (non-hydrogen) atoms. The molecule has 2 aromatic heterocycles. The molecular weight excluding hydrogens is 360 g/mol. The van der Waals surface area contributed by atoms with Gasteiger partial charge in [-0.2, -0.15) is 5.10 Å². The lowest BCUT2D eigenvalue weighted by atomic mass is 10.1. The van der Waals surface area contributed by atoms with Gasteiger partial charge in [-0.3, -0.25) is 4.68 Å². The van der Waals surface area contributed by atoms with Crippen molar-refractivity contribution in [3.8, 4) is 11.3 Å². The molecule has 0 spiro atoms. The van der Waals surface area contributed by atoms with Crippen LogP contribution in [0.1, 0.15) is 0 Å². The number of hydrogen-bond acceptors (Lipinski definition) is 7. The van der Waals surface area contributed by atoms with Gasteiger partial charge in [-0.15, -0.1) is 0 Å². The number of rotatable bonds is 9. The fourth-order valence-corrected chi connectivity index (χ4v) is 4.44. The van der Waals surface area contributed by atoms with E-state index in [2.05, 4.69) is 43.8 Å². The van der Waals surface area contributed by atoms with Crippen molar-refractivity contribution in [3.05, 3.63) is 30.5 Å². The molecule has 0 saturated carbocycles. The minimum absolute atomic E-state index is 0.157. The van der Waals surface area contributed by atoms with E-state index in [1.54, 1.807) is 11.8 Å². The van der Waals surface area contributed by atoms with Gasteiger partial charge in [0.25, 0.3) is 0 Å². The number of hydrogen-bond donors (Lipinski definition) is 4. The molecule has 0 bridgehead atoms. The van der Waals surface area contributed by atoms with Crippen LogP contribution >= 0.6 is 11.8 Å². The summed E-state index contributed by atoms with van der Waals surface area (Å²) in [6.45, 7) is 4.05. The minimum atomic E-state index is 0.157. The molecule has 0 fully saturated rings. The van der Waals surface area contributed by atoms with Crippen molar-refractivity contribution in [3.63, 3.8) is 0 Å². The summed E-state index contributed by atoms with van der Waals surface area (Å²) >= 11 is 1.70. The summed E-state index contributed by atoms with van der Waals surface area (Å²) in [5, 5.41) is 25.9. The van der Waals surface area contributed by atoms with Gasteiger partial charge in [0, 0.05) is 53.9 Å². The standard InChI is InChI=1S/C19H24N6OS/c1-20-9-11-25-15-5-4-14(22-8-7-21-10-12-26)18-16(15)17(24-25)13-3-2-6-23-19(13)27-18/h2-6,20-22,26H,7-12H2,1H3. The first-order valence-corrected chi connectivity index (χ1v) is 10.0. The third-order valence-corrected chi connectivity index (χ3v) is 5.72. The lowest BCUT2D eigenvalue weighted by Gasteiger charge is -2.18. The van der Waals surface area contributed by atoms with E-state index < -0.39 is 0 Å². The third-order valence-electron chi connectivity index (χ3n) is 4.58. The Hall–Kier alpha value is -2.13. The second-order valence-electron chi connectivity index (χ2n) is 6.37. The van der Waals surface area contributed by atoms with Crippen molar-refractivity contribution in [1.29, 1.82) is 0 Å². The lowest BCUT2D eigenvalue weighted by Crippen LogP contribution is -2.25. The molecule has 3 aromatic rings. The second kappa shape index (κ2) is 8.26. The van der Waals surface area contributed by atoms with Crippen molar-refractivity contribution >= 4 is 28.4 Å². The van der Waals surface area contributed by atoms with Gasteiger partial charge < -0.3 is 21.1 Å². The molecule has 1 aliphatic heterocycles. The number of pyridine rings is 1. The van der Waals surface area contributed by atoms with Gasteiger partial charge in [-0.1, -0.05) is 11.8 Å². The average molecular weight is 385 g/mol. The number of anilines is 1. The molecule has 7 nitrogen and oxygen atoms in total. The van der Waals surface area contributed by atoms with Gasteiger partial charge in [0.2, 0.25) is 0 Å². The number of aliphatic hydroxyl groups excluding tert-OH is 1. The molecule has 0 atom stereocenters. The van der Waals surface area contributed by atoms with Crippen LogP contribution in [0.15, 0.2) is 40.4 Å². The number of nitrogens with zero attached hydrogens (tertiary/aromatic N) is 3. The molecule has 0 saturated heterocycles. The molecule has 0 radical (unpaired) electrons. The number of aromatic nitrogens is 3. The van der Waals surface area contributed by atoms with Crippen LogP contribution in [-0.4, -0.2) is 59.7 Å². The lowest BCUT2D eigenvalue weighted by molar-refractivity contribution is 0.293. The fourth-order valence-electron chi connectivity index (χ4n) is 3.30. The van der Waals surface area contributed by atoms with E-state index in [-0.39, 0.29) is 6.61 Å². The van der Waals surface area contributed by atoms with E-state index in [0.29, 0.717) is 6.54 Å². The van der Waals surface area contributed by atoms with E-state index in [4.69, 9.17) is 10.2 Å². The summed E-state index contributed by atoms with van der Waals surface area (Å²) in [4.78, 5) is 5.76. The highest BCUT2D eigenvalue weighted by atomic mass is 32.2. The molecule has 0 aliphatic carbocycles. The predicted octanol–water partition coefficient (Wildman–Crippen LogP) is 1.78. The summed E-state index contributed by atoms with van der Waals surface area (Å²) in [7, 11) is 1.96. The fraction of sp³-hybridized carbons (Fsp3) is 0.368. The summed E-state index contributed by atoms with van der Waals surface area (Å²) < 4.78 is 2.08. The zero-order valence-electron chi connectivity index (χ0n) is 15.3. The molecule has 4 N–H and O–H groups in total. The van der Waals surface area contributed by atoms with Gasteiger partial charge in [0.15, 0.2) is 0 Å². The minimum Gasteiger partial charge on any atom is -0.395 e. The maximum absolute atomic E-state index is 8.87. The Kier molecular flexibility index (Phi) is 5.58. The smallest absolute Gasteiger partial charge is 0.110 e. The number of likely N-dealkylation sites (N-methyl/N-ethyl adjacent to an activating group) is 1. The second-order valence-corrected chi connectivity index (χ2v) is 7.37. The maximum atomic E-state index is 8.87. The number of aliphatic hydroxyl groups is 1. The van der Waals surface area contributed by atoms with Gasteiger partial charge >= 0.3 is 0 Å². The van der Waals surface area contributed by atoms with Crippen molar-refractivity contribution in [2.45, 2.75) is 16.5 Å². The Bertz CT molecular complexity index is 941. The molecule has 0 amide bonds. The summed E-state index contributed by atoms with van der Waals surface area (Å²) in [5.41, 5.74) is 4.37. The SMILES string of the molecule is CNCCn1nc2c3c(c(NCCNCCO)ccc31)Sc1ncccc1-2. The first-order valence-electron chi connectivity index (χ1n) is 9.20. The van der Waals surface area contributed by atoms with Gasteiger partial charge in [0.05, 0.1) is 18.7 Å². The van der Waals surface area contributed by atoms with Crippen molar-refractivity contribution in [2.24, 2.45) is 0 Å². The largest absolute Gasteiger partial charge is 0.395 e. The van der Waals surface area contributed by atoms with Crippen molar-refractivity contribution in [1.82, 2.24) is 25.4 Å². The topological polar surface area (TPSA) is 87.0 Å². The van der Waals surface area contributed by atoms with Gasteiger partial charge in [-0.05, 0) is 31.3 Å². The Morgan fingerprint density at radius 3 is 2.93 bits per heavy atom. The molecule has 4 rings (SSSR count). The van der Waals surface area contributed by atoms with Crippen LogP contribution in [0.25, 0.3) is 22.2 Å². The van der Waals surface area contributed by atoms with Crippen molar-refractivity contribution < 1.29 is 5.11 Å². The Morgan fingerprint density at radius 1 is 1.15 bits per heavy atom. The zero-order chi connectivity index (χ0) is 18.6. The van der Waals surface area contributed by atoms with E-state index in [1.165, 1.54) is 10.3 Å². The van der Waals surface area contributed by atoms with Crippen LogP contribution in [0, 0.1) is 0 Å². The highest BCUT2D eigenvalue weighted by molar-refractivity contribution is 7.99. The zero-order valence-corrected chi connectivity index (χ0v) is 16.1. The normalized spacial score (nSPS) is 12.4. The van der Waals surface area contributed by atoms with E-state index in [0.717, 1.165) is 53.7 Å². The van der Waals surface area contributed by atoms with Crippen molar-refractivity contribution in [2.75, 3.05) is 45.2 Å². The molecule has 1 aromatic carbocycles. The summed E-state index contributed by atoms with van der Waals surface area (Å²) in [6, 6.07) is 8.35. The monoisotopic (exact) mass is 384 g/mol. The van der Waals surface area contributed by atoms with Gasteiger partial charge in [0.1, 0.15) is 10.7 Å². The Labute approximate surface area is 162 Å². The first kappa shape index (κ1) is 18.2. The molecule has 0 unspecified atom stereocenters. The summed E-state index contributed by atoms with van der Waals surface area (Å²) in [5.74, 6) is 0. The van der Waals surface area contributed by atoms with Crippen LogP contribution in [0.4, 0.5) is 5.69 Å². The number of nitrogens with one attached hydrogen (secondary N) is 3. The number of benzene rings is 1. The first-order chi connectivity index (χ1) is 13.3. The number of fused-ring (bicyclic) bond motifs is 2. The Morgan fingerprint density at radius 2 is 2.07 bits per heavy atom. The van der Waals surface area contributed by atoms with Crippen LogP contribution in [0.3, 0.4) is 0 Å². The van der Waals surface area contributed by atoms with E-state index in [9.17, 15) is 0 Å². The third kappa shape index (κ3) is 3.53. The van der Waals surface area contributed by atoms with Crippen LogP contribution in [-0.2, 0) is 6.54 Å². The Balaban J connectivity index is 1.72. The molecule has 3 heterocycles. The molecular formula is C19H24N6OS. The predicted molar refractivity (Wildman–Crippen MR) is 109 cm³/mol. The molecule has 1 aliphatic rings. The van der Waals surface area contributed by atoms with Crippen LogP contribution in [0.2, 0.25) is 0 Å². The van der Waals surface area contributed by atoms with Crippen LogP contribution < -0.4 is 16.0 Å². The quantitative estimate of drug-likeness (QED) is 0.327. The molecule has 8 heteroatoms. The van der Waals surface area contributed by atoms with Crippen LogP contribution in [0.5, 0.6) is 0 Å². The maximum Gasteiger partial charge on any atom is 0.110 e. The molecule has 142 valence electrons.